The number of aliphatic imine (C=N–C) groups is 1. The summed E-state index contributed by atoms with van der Waals surface area (Å²) >= 11 is 0. The first-order valence-electron chi connectivity index (χ1n) is 9.84. The van der Waals surface area contributed by atoms with E-state index in [0.717, 1.165) is 42.4 Å². The molecule has 0 saturated heterocycles. The summed E-state index contributed by atoms with van der Waals surface area (Å²) in [6.07, 6.45) is 1.88. The van der Waals surface area contributed by atoms with Crippen LogP contribution in [-0.2, 0) is 33.0 Å². The van der Waals surface area contributed by atoms with Crippen LogP contribution in [0.4, 0.5) is 0 Å². The smallest absolute Gasteiger partial charge is 0.191 e. The van der Waals surface area contributed by atoms with Crippen LogP contribution in [0.1, 0.15) is 43.3 Å². The zero-order valence-electron chi connectivity index (χ0n) is 17.9. The quantitative estimate of drug-likeness (QED) is 0.511. The molecule has 1 aromatic heterocycles. The number of hydrogen-bond acceptors (Lipinski definition) is 4. The number of rotatable bonds is 9. The molecule has 0 radical (unpaired) electrons. The number of aromatic nitrogens is 2. The van der Waals surface area contributed by atoms with Gasteiger partial charge in [0.1, 0.15) is 0 Å². The van der Waals surface area contributed by atoms with E-state index in [1.165, 1.54) is 11.3 Å². The van der Waals surface area contributed by atoms with Crippen molar-refractivity contribution in [2.75, 3.05) is 20.8 Å². The van der Waals surface area contributed by atoms with Crippen molar-refractivity contribution in [3.63, 3.8) is 0 Å². The summed E-state index contributed by atoms with van der Waals surface area (Å²) < 4.78 is 12.7. The maximum Gasteiger partial charge on any atom is 0.191 e. The first-order chi connectivity index (χ1) is 13.6. The SMILES string of the molecule is CCNC(=NCc1ccc(OC)c(OC)c1)NCc1c(CC)nn(C)c1CC. The molecule has 28 heavy (non-hydrogen) atoms. The van der Waals surface area contributed by atoms with Crippen molar-refractivity contribution in [3.05, 3.63) is 40.7 Å². The highest BCUT2D eigenvalue weighted by molar-refractivity contribution is 5.79. The van der Waals surface area contributed by atoms with Crippen LogP contribution in [0.2, 0.25) is 0 Å². The van der Waals surface area contributed by atoms with E-state index < -0.39 is 0 Å². The molecule has 0 spiro atoms. The van der Waals surface area contributed by atoms with E-state index in [2.05, 4.69) is 36.5 Å². The Balaban J connectivity index is 2.13. The number of benzene rings is 1. The number of ether oxygens (including phenoxy) is 2. The molecule has 0 amide bonds. The molecule has 0 bridgehead atoms. The van der Waals surface area contributed by atoms with Gasteiger partial charge in [-0.2, -0.15) is 5.10 Å². The van der Waals surface area contributed by atoms with Crippen LogP contribution < -0.4 is 20.1 Å². The Hall–Kier alpha value is -2.70. The van der Waals surface area contributed by atoms with Gasteiger partial charge in [-0.15, -0.1) is 0 Å². The summed E-state index contributed by atoms with van der Waals surface area (Å²) in [6.45, 7) is 8.42. The van der Waals surface area contributed by atoms with Crippen molar-refractivity contribution in [1.29, 1.82) is 0 Å². The summed E-state index contributed by atoms with van der Waals surface area (Å²) in [6, 6.07) is 5.86. The molecular weight excluding hydrogens is 354 g/mol. The predicted molar refractivity (Wildman–Crippen MR) is 113 cm³/mol. The third-order valence-electron chi connectivity index (χ3n) is 4.67. The second-order valence-electron chi connectivity index (χ2n) is 6.44. The molecule has 2 aromatic rings. The molecule has 0 unspecified atom stereocenters. The van der Waals surface area contributed by atoms with Crippen molar-refractivity contribution < 1.29 is 9.47 Å². The summed E-state index contributed by atoms with van der Waals surface area (Å²) in [5.41, 5.74) is 4.73. The van der Waals surface area contributed by atoms with Crippen molar-refractivity contribution in [2.24, 2.45) is 12.0 Å². The van der Waals surface area contributed by atoms with E-state index in [1.807, 2.05) is 29.9 Å². The predicted octanol–water partition coefficient (Wildman–Crippen LogP) is 2.82. The molecule has 2 rings (SSSR count). The Kier molecular flexibility index (Phi) is 8.17. The van der Waals surface area contributed by atoms with Gasteiger partial charge < -0.3 is 20.1 Å². The van der Waals surface area contributed by atoms with Gasteiger partial charge in [0.15, 0.2) is 17.5 Å². The van der Waals surface area contributed by atoms with Crippen LogP contribution in [0, 0.1) is 0 Å². The Morgan fingerprint density at radius 2 is 1.82 bits per heavy atom. The van der Waals surface area contributed by atoms with E-state index in [9.17, 15) is 0 Å². The molecule has 7 nitrogen and oxygen atoms in total. The van der Waals surface area contributed by atoms with Gasteiger partial charge in [0.25, 0.3) is 0 Å². The number of nitrogens with one attached hydrogen (secondary N) is 2. The van der Waals surface area contributed by atoms with Crippen LogP contribution in [0.3, 0.4) is 0 Å². The molecule has 7 heteroatoms. The van der Waals surface area contributed by atoms with Crippen LogP contribution in [-0.4, -0.2) is 36.5 Å². The molecular formula is C21H33N5O2. The minimum atomic E-state index is 0.546. The van der Waals surface area contributed by atoms with Crippen molar-refractivity contribution >= 4 is 5.96 Å². The van der Waals surface area contributed by atoms with E-state index in [4.69, 9.17) is 14.5 Å². The number of methoxy groups -OCH3 is 2. The van der Waals surface area contributed by atoms with Crippen LogP contribution >= 0.6 is 0 Å². The lowest BCUT2D eigenvalue weighted by Crippen LogP contribution is -2.37. The molecule has 0 atom stereocenters. The molecule has 0 fully saturated rings. The Labute approximate surface area is 168 Å². The average molecular weight is 388 g/mol. The molecule has 0 aliphatic rings. The van der Waals surface area contributed by atoms with Gasteiger partial charge in [0.05, 0.1) is 26.5 Å². The molecule has 0 aliphatic carbocycles. The van der Waals surface area contributed by atoms with E-state index in [-0.39, 0.29) is 0 Å². The van der Waals surface area contributed by atoms with Gasteiger partial charge in [0.2, 0.25) is 0 Å². The fraction of sp³-hybridized carbons (Fsp3) is 0.524. The minimum Gasteiger partial charge on any atom is -0.493 e. The lowest BCUT2D eigenvalue weighted by atomic mass is 10.1. The summed E-state index contributed by atoms with van der Waals surface area (Å²) in [5.74, 6) is 2.21. The zero-order chi connectivity index (χ0) is 20.5. The molecule has 0 aliphatic heterocycles. The maximum atomic E-state index is 5.38. The normalized spacial score (nSPS) is 11.4. The number of aryl methyl sites for hydroxylation is 2. The van der Waals surface area contributed by atoms with Gasteiger partial charge in [0, 0.05) is 31.4 Å². The highest BCUT2D eigenvalue weighted by Gasteiger charge is 2.14. The van der Waals surface area contributed by atoms with Gasteiger partial charge in [-0.05, 0) is 37.5 Å². The van der Waals surface area contributed by atoms with E-state index in [1.54, 1.807) is 14.2 Å². The standard InChI is InChI=1S/C21H33N5O2/c1-7-17-16(18(8-2)26(4)25-17)14-24-21(22-9-3)23-13-15-10-11-19(27-5)20(12-15)28-6/h10-12H,7-9,13-14H2,1-6H3,(H2,22,23,24). The van der Waals surface area contributed by atoms with Gasteiger partial charge in [-0.25, -0.2) is 4.99 Å². The summed E-state index contributed by atoms with van der Waals surface area (Å²) in [4.78, 5) is 4.72. The third-order valence-corrected chi connectivity index (χ3v) is 4.67. The minimum absolute atomic E-state index is 0.546. The lowest BCUT2D eigenvalue weighted by Gasteiger charge is -2.13. The Bertz CT molecular complexity index is 798. The summed E-state index contributed by atoms with van der Waals surface area (Å²) in [5, 5.41) is 11.4. The second kappa shape index (κ2) is 10.6. The van der Waals surface area contributed by atoms with Crippen LogP contribution in [0.15, 0.2) is 23.2 Å². The van der Waals surface area contributed by atoms with Crippen LogP contribution in [0.5, 0.6) is 11.5 Å². The summed E-state index contributed by atoms with van der Waals surface area (Å²) in [7, 11) is 5.29. The second-order valence-corrected chi connectivity index (χ2v) is 6.44. The highest BCUT2D eigenvalue weighted by atomic mass is 16.5. The first-order valence-corrected chi connectivity index (χ1v) is 9.84. The average Bonchev–Trinajstić information content (AvgIpc) is 3.04. The Morgan fingerprint density at radius 1 is 1.07 bits per heavy atom. The molecule has 1 heterocycles. The van der Waals surface area contributed by atoms with Gasteiger partial charge in [-0.1, -0.05) is 19.9 Å². The van der Waals surface area contributed by atoms with Gasteiger partial charge in [-0.3, -0.25) is 4.68 Å². The molecule has 2 N–H and O–H groups in total. The van der Waals surface area contributed by atoms with E-state index >= 15 is 0 Å². The van der Waals surface area contributed by atoms with Gasteiger partial charge >= 0.3 is 0 Å². The van der Waals surface area contributed by atoms with Crippen molar-refractivity contribution in [1.82, 2.24) is 20.4 Å². The number of hydrogen-bond donors (Lipinski definition) is 2. The third kappa shape index (κ3) is 5.18. The number of nitrogens with zero attached hydrogens (tertiary/aromatic N) is 3. The molecule has 0 saturated carbocycles. The van der Waals surface area contributed by atoms with Crippen LogP contribution in [0.25, 0.3) is 0 Å². The topological polar surface area (TPSA) is 72.7 Å². The monoisotopic (exact) mass is 387 g/mol. The largest absolute Gasteiger partial charge is 0.493 e. The fourth-order valence-corrected chi connectivity index (χ4v) is 3.26. The molecule has 154 valence electrons. The molecule has 1 aromatic carbocycles. The van der Waals surface area contributed by atoms with Crippen molar-refractivity contribution in [3.8, 4) is 11.5 Å². The lowest BCUT2D eigenvalue weighted by molar-refractivity contribution is 0.354. The fourth-order valence-electron chi connectivity index (χ4n) is 3.26. The Morgan fingerprint density at radius 3 is 2.43 bits per heavy atom. The highest BCUT2D eigenvalue weighted by Crippen LogP contribution is 2.27. The first kappa shape index (κ1) is 21.6. The number of guanidine groups is 1. The maximum absolute atomic E-state index is 5.38. The zero-order valence-corrected chi connectivity index (χ0v) is 17.9. The van der Waals surface area contributed by atoms with Crippen molar-refractivity contribution in [2.45, 2.75) is 46.7 Å². The van der Waals surface area contributed by atoms with E-state index in [0.29, 0.717) is 18.8 Å².